The lowest BCUT2D eigenvalue weighted by Crippen LogP contribution is -2.54. The van der Waals surface area contributed by atoms with Gasteiger partial charge in [0.1, 0.15) is 0 Å². The molecule has 0 saturated heterocycles. The van der Waals surface area contributed by atoms with Crippen LogP contribution in [-0.2, 0) is 14.8 Å². The van der Waals surface area contributed by atoms with Crippen LogP contribution in [0.1, 0.15) is 13.8 Å². The predicted octanol–water partition coefficient (Wildman–Crippen LogP) is -1.94. The molecule has 0 spiro atoms. The Morgan fingerprint density at radius 1 is 1.32 bits per heavy atom. The summed E-state index contributed by atoms with van der Waals surface area (Å²) < 4.78 is 24.4. The van der Waals surface area contributed by atoms with E-state index in [0.717, 1.165) is 6.26 Å². The van der Waals surface area contributed by atoms with Gasteiger partial charge in [0.15, 0.2) is 6.04 Å². The summed E-state index contributed by atoms with van der Waals surface area (Å²) in [6.45, 7) is 2.31. The Bertz CT molecular complexity index is 433. The second-order valence-electron chi connectivity index (χ2n) is 4.66. The second-order valence-corrected chi connectivity index (χ2v) is 6.41. The molecule has 0 aromatic carbocycles. The SMILES string of the molecule is CC(C)(CNC(=O)N[C@H](CO)C(=O)O)NS(C)(=O)=O. The van der Waals surface area contributed by atoms with Crippen LogP contribution >= 0.6 is 0 Å². The molecule has 19 heavy (non-hydrogen) atoms. The molecule has 0 aromatic heterocycles. The Hall–Kier alpha value is -1.39. The van der Waals surface area contributed by atoms with Crippen LogP contribution in [0.25, 0.3) is 0 Å². The number of amides is 2. The van der Waals surface area contributed by atoms with Crippen LogP contribution in [0.2, 0.25) is 0 Å². The predicted molar refractivity (Wildman–Crippen MR) is 67.1 cm³/mol. The molecule has 0 aliphatic heterocycles. The van der Waals surface area contributed by atoms with Crippen molar-refractivity contribution in [2.75, 3.05) is 19.4 Å². The largest absolute Gasteiger partial charge is 0.480 e. The third-order valence-electron chi connectivity index (χ3n) is 1.94. The molecular weight excluding hydrogens is 278 g/mol. The van der Waals surface area contributed by atoms with E-state index in [0.29, 0.717) is 0 Å². The van der Waals surface area contributed by atoms with Gasteiger partial charge in [0.05, 0.1) is 12.9 Å². The van der Waals surface area contributed by atoms with Crippen molar-refractivity contribution in [3.05, 3.63) is 0 Å². The molecule has 0 unspecified atom stereocenters. The fraction of sp³-hybridized carbons (Fsp3) is 0.778. The average molecular weight is 297 g/mol. The maximum absolute atomic E-state index is 11.4. The number of aliphatic hydroxyl groups excluding tert-OH is 1. The molecule has 0 rings (SSSR count). The topological polar surface area (TPSA) is 145 Å². The summed E-state index contributed by atoms with van der Waals surface area (Å²) in [6.07, 6.45) is 0.987. The van der Waals surface area contributed by atoms with Crippen LogP contribution in [-0.4, -0.2) is 61.6 Å². The highest BCUT2D eigenvalue weighted by Gasteiger charge is 2.24. The van der Waals surface area contributed by atoms with Crippen LogP contribution in [0, 0.1) is 0 Å². The Labute approximate surface area is 111 Å². The van der Waals surface area contributed by atoms with Gasteiger partial charge < -0.3 is 20.8 Å². The van der Waals surface area contributed by atoms with E-state index in [1.54, 1.807) is 13.8 Å². The monoisotopic (exact) mass is 297 g/mol. The summed E-state index contributed by atoms with van der Waals surface area (Å²) in [5, 5.41) is 21.7. The van der Waals surface area contributed by atoms with Gasteiger partial charge in [-0.3, -0.25) is 0 Å². The van der Waals surface area contributed by atoms with E-state index in [9.17, 15) is 18.0 Å². The lowest BCUT2D eigenvalue weighted by atomic mass is 10.1. The van der Waals surface area contributed by atoms with E-state index in [1.165, 1.54) is 0 Å². The number of rotatable bonds is 7. The highest BCUT2D eigenvalue weighted by atomic mass is 32.2. The van der Waals surface area contributed by atoms with Crippen LogP contribution in [0.5, 0.6) is 0 Å². The fourth-order valence-corrected chi connectivity index (χ4v) is 2.31. The average Bonchev–Trinajstić information content (AvgIpc) is 2.19. The van der Waals surface area contributed by atoms with Crippen molar-refractivity contribution in [1.82, 2.24) is 15.4 Å². The molecule has 1 atom stereocenters. The smallest absolute Gasteiger partial charge is 0.328 e. The molecule has 0 aliphatic rings. The van der Waals surface area contributed by atoms with Gasteiger partial charge in [-0.25, -0.2) is 22.7 Å². The first-order valence-electron chi connectivity index (χ1n) is 5.34. The van der Waals surface area contributed by atoms with E-state index in [-0.39, 0.29) is 6.54 Å². The maximum Gasteiger partial charge on any atom is 0.328 e. The highest BCUT2D eigenvalue weighted by molar-refractivity contribution is 7.88. The number of aliphatic carboxylic acids is 1. The van der Waals surface area contributed by atoms with Gasteiger partial charge in [-0.05, 0) is 13.8 Å². The summed E-state index contributed by atoms with van der Waals surface area (Å²) in [6, 6.07) is -2.23. The first-order chi connectivity index (χ1) is 8.47. The standard InChI is InChI=1S/C9H19N3O6S/c1-9(2,12-19(3,17)18)5-10-8(16)11-6(4-13)7(14)15/h6,12-13H,4-5H2,1-3H3,(H,14,15)(H2,10,11,16)/t6-/m1/s1. The number of carbonyl (C=O) groups excluding carboxylic acids is 1. The molecule has 112 valence electrons. The summed E-state index contributed by atoms with van der Waals surface area (Å²) in [7, 11) is -3.43. The maximum atomic E-state index is 11.4. The van der Waals surface area contributed by atoms with Crippen LogP contribution in [0.4, 0.5) is 4.79 Å². The first kappa shape index (κ1) is 17.6. The normalized spacial score (nSPS) is 13.7. The Morgan fingerprint density at radius 3 is 2.21 bits per heavy atom. The summed E-state index contributed by atoms with van der Waals surface area (Å²) in [4.78, 5) is 21.9. The second kappa shape index (κ2) is 6.68. The van der Waals surface area contributed by atoms with Gasteiger partial charge in [-0.2, -0.15) is 0 Å². The highest BCUT2D eigenvalue weighted by Crippen LogP contribution is 2.01. The minimum Gasteiger partial charge on any atom is -0.480 e. The van der Waals surface area contributed by atoms with Crippen LogP contribution in [0.3, 0.4) is 0 Å². The van der Waals surface area contributed by atoms with Crippen molar-refractivity contribution in [3.8, 4) is 0 Å². The van der Waals surface area contributed by atoms with E-state index in [1.807, 2.05) is 5.32 Å². The molecule has 0 fully saturated rings. The quantitative estimate of drug-likeness (QED) is 0.369. The number of carbonyl (C=O) groups is 2. The van der Waals surface area contributed by atoms with E-state index in [2.05, 4.69) is 10.0 Å². The molecule has 0 radical (unpaired) electrons. The number of hydrogen-bond donors (Lipinski definition) is 5. The van der Waals surface area contributed by atoms with E-state index in [4.69, 9.17) is 10.2 Å². The van der Waals surface area contributed by atoms with Crippen LogP contribution < -0.4 is 15.4 Å². The number of nitrogens with one attached hydrogen (secondary N) is 3. The van der Waals surface area contributed by atoms with Crippen molar-refractivity contribution in [1.29, 1.82) is 0 Å². The minimum atomic E-state index is -3.43. The Morgan fingerprint density at radius 2 is 1.84 bits per heavy atom. The lowest BCUT2D eigenvalue weighted by Gasteiger charge is -2.25. The van der Waals surface area contributed by atoms with Gasteiger partial charge in [0.2, 0.25) is 10.0 Å². The van der Waals surface area contributed by atoms with E-state index < -0.39 is 40.2 Å². The number of urea groups is 1. The number of carboxylic acid groups (broad SMARTS) is 1. The molecule has 0 aliphatic carbocycles. The number of hydrogen-bond acceptors (Lipinski definition) is 5. The number of aliphatic hydroxyl groups is 1. The van der Waals surface area contributed by atoms with Crippen molar-refractivity contribution in [3.63, 3.8) is 0 Å². The molecule has 5 N–H and O–H groups in total. The van der Waals surface area contributed by atoms with Crippen LogP contribution in [0.15, 0.2) is 0 Å². The Balaban J connectivity index is 4.33. The van der Waals surface area contributed by atoms with Gasteiger partial charge >= 0.3 is 12.0 Å². The van der Waals surface area contributed by atoms with Crippen molar-refractivity contribution < 1.29 is 28.2 Å². The molecule has 0 saturated carbocycles. The van der Waals surface area contributed by atoms with Gasteiger partial charge in [0, 0.05) is 12.1 Å². The Kier molecular flexibility index (Phi) is 6.19. The van der Waals surface area contributed by atoms with Crippen molar-refractivity contribution in [2.45, 2.75) is 25.4 Å². The molecule has 0 heterocycles. The summed E-state index contributed by atoms with van der Waals surface area (Å²) in [5.41, 5.74) is -0.928. The molecule has 0 bridgehead atoms. The zero-order valence-electron chi connectivity index (χ0n) is 10.9. The zero-order chi connectivity index (χ0) is 15.3. The minimum absolute atomic E-state index is 0.0519. The van der Waals surface area contributed by atoms with Gasteiger partial charge in [0.25, 0.3) is 0 Å². The number of carboxylic acids is 1. The molecule has 2 amide bonds. The molecule has 9 nitrogen and oxygen atoms in total. The van der Waals surface area contributed by atoms with Crippen molar-refractivity contribution >= 4 is 22.0 Å². The fourth-order valence-electron chi connectivity index (χ4n) is 1.23. The third kappa shape index (κ3) is 8.35. The summed E-state index contributed by atoms with van der Waals surface area (Å²) >= 11 is 0. The van der Waals surface area contributed by atoms with Gasteiger partial charge in [-0.1, -0.05) is 0 Å². The van der Waals surface area contributed by atoms with E-state index >= 15 is 0 Å². The third-order valence-corrected chi connectivity index (χ3v) is 2.86. The molecular formula is C9H19N3O6S. The number of sulfonamides is 1. The summed E-state index contributed by atoms with van der Waals surface area (Å²) in [5.74, 6) is -1.37. The molecule has 0 aromatic rings. The lowest BCUT2D eigenvalue weighted by molar-refractivity contribution is -0.140. The zero-order valence-corrected chi connectivity index (χ0v) is 11.7. The first-order valence-corrected chi connectivity index (χ1v) is 7.23. The molecule has 10 heteroatoms. The van der Waals surface area contributed by atoms with Gasteiger partial charge in [-0.15, -0.1) is 0 Å². The van der Waals surface area contributed by atoms with Crippen molar-refractivity contribution in [2.24, 2.45) is 0 Å².